The van der Waals surface area contributed by atoms with Crippen LogP contribution in [0.4, 0.5) is 0 Å². The molecule has 0 aliphatic rings. The summed E-state index contributed by atoms with van der Waals surface area (Å²) in [6.45, 7) is 14.2. The van der Waals surface area contributed by atoms with Gasteiger partial charge in [0.15, 0.2) is 0 Å². The van der Waals surface area contributed by atoms with E-state index >= 15 is 0 Å². The van der Waals surface area contributed by atoms with Gasteiger partial charge in [-0.15, -0.1) is 0 Å². The van der Waals surface area contributed by atoms with Crippen LogP contribution in [0.2, 0.25) is 0 Å². The van der Waals surface area contributed by atoms with Crippen LogP contribution in [-0.2, 0) is 4.74 Å². The van der Waals surface area contributed by atoms with Crippen molar-refractivity contribution in [3.8, 4) is 0 Å². The van der Waals surface area contributed by atoms with Crippen molar-refractivity contribution < 1.29 is 4.74 Å². The van der Waals surface area contributed by atoms with Crippen molar-refractivity contribution in [1.29, 1.82) is 0 Å². The SMILES string of the molecule is [CH2]COCCC(C)CC(C)(C)C. The van der Waals surface area contributed by atoms with E-state index in [1.165, 1.54) is 6.42 Å². The molecule has 0 heterocycles. The summed E-state index contributed by atoms with van der Waals surface area (Å²) < 4.78 is 5.21. The minimum absolute atomic E-state index is 0.448. The Morgan fingerprint density at radius 2 is 1.92 bits per heavy atom. The molecule has 0 amide bonds. The van der Waals surface area contributed by atoms with Crippen LogP contribution >= 0.6 is 0 Å². The molecule has 1 unspecified atom stereocenters. The maximum absolute atomic E-state index is 5.21. The lowest BCUT2D eigenvalue weighted by molar-refractivity contribution is 0.137. The first kappa shape index (κ1) is 12.0. The second-order valence-electron chi connectivity index (χ2n) is 4.77. The fraction of sp³-hybridized carbons (Fsp3) is 0.909. The first-order chi connectivity index (χ1) is 5.45. The van der Waals surface area contributed by atoms with Gasteiger partial charge in [0.2, 0.25) is 0 Å². The van der Waals surface area contributed by atoms with Crippen molar-refractivity contribution >= 4 is 0 Å². The first-order valence-corrected chi connectivity index (χ1v) is 4.82. The molecular formula is C11H23O. The van der Waals surface area contributed by atoms with Gasteiger partial charge in [-0.2, -0.15) is 0 Å². The highest BCUT2D eigenvalue weighted by atomic mass is 16.5. The monoisotopic (exact) mass is 171 g/mol. The Labute approximate surface area is 77.5 Å². The van der Waals surface area contributed by atoms with Crippen LogP contribution in [-0.4, -0.2) is 13.2 Å². The van der Waals surface area contributed by atoms with Crippen molar-refractivity contribution in [1.82, 2.24) is 0 Å². The molecule has 1 radical (unpaired) electrons. The third-order valence-electron chi connectivity index (χ3n) is 1.86. The van der Waals surface area contributed by atoms with Crippen LogP contribution in [0.3, 0.4) is 0 Å². The molecule has 0 bridgehead atoms. The maximum atomic E-state index is 5.21. The molecule has 1 nitrogen and oxygen atoms in total. The molecule has 1 heteroatoms. The van der Waals surface area contributed by atoms with Crippen molar-refractivity contribution in [2.45, 2.75) is 40.5 Å². The Hall–Kier alpha value is -0.0400. The van der Waals surface area contributed by atoms with Crippen LogP contribution in [0.15, 0.2) is 0 Å². The van der Waals surface area contributed by atoms with Crippen LogP contribution < -0.4 is 0 Å². The van der Waals surface area contributed by atoms with Crippen molar-refractivity contribution in [2.24, 2.45) is 11.3 Å². The Morgan fingerprint density at radius 3 is 2.33 bits per heavy atom. The molecule has 73 valence electrons. The van der Waals surface area contributed by atoms with Crippen molar-refractivity contribution in [3.05, 3.63) is 6.92 Å². The van der Waals surface area contributed by atoms with E-state index in [2.05, 4.69) is 34.6 Å². The predicted octanol–water partition coefficient (Wildman–Crippen LogP) is 3.30. The van der Waals surface area contributed by atoms with Gasteiger partial charge in [-0.05, 0) is 31.1 Å². The number of hydrogen-bond acceptors (Lipinski definition) is 1. The average Bonchev–Trinajstić information content (AvgIpc) is 1.84. The lowest BCUT2D eigenvalue weighted by Crippen LogP contribution is -2.12. The summed E-state index contributed by atoms with van der Waals surface area (Å²) in [5.74, 6) is 0.761. The van der Waals surface area contributed by atoms with Crippen molar-refractivity contribution in [3.63, 3.8) is 0 Å². The highest BCUT2D eigenvalue weighted by Gasteiger charge is 2.14. The van der Waals surface area contributed by atoms with Gasteiger partial charge >= 0.3 is 0 Å². The molecule has 0 saturated heterocycles. The zero-order chi connectivity index (χ0) is 9.61. The molecule has 0 fully saturated rings. The fourth-order valence-electron chi connectivity index (χ4n) is 1.53. The molecule has 0 aromatic carbocycles. The molecular weight excluding hydrogens is 148 g/mol. The lowest BCUT2D eigenvalue weighted by atomic mass is 9.84. The van der Waals surface area contributed by atoms with Crippen LogP contribution in [0.1, 0.15) is 40.5 Å². The minimum atomic E-state index is 0.448. The summed E-state index contributed by atoms with van der Waals surface area (Å²) in [6, 6.07) is 0. The van der Waals surface area contributed by atoms with E-state index in [1.807, 2.05) is 0 Å². The average molecular weight is 171 g/mol. The molecule has 0 saturated carbocycles. The zero-order valence-corrected chi connectivity index (χ0v) is 9.02. The number of hydrogen-bond donors (Lipinski definition) is 0. The minimum Gasteiger partial charge on any atom is -0.381 e. The number of rotatable bonds is 5. The molecule has 0 rings (SSSR count). The Kier molecular flexibility index (Phi) is 5.56. The Morgan fingerprint density at radius 1 is 1.33 bits per heavy atom. The maximum Gasteiger partial charge on any atom is 0.0468 e. The Balaban J connectivity index is 3.40. The molecule has 1 atom stereocenters. The van der Waals surface area contributed by atoms with Gasteiger partial charge in [0, 0.05) is 13.2 Å². The third kappa shape index (κ3) is 8.06. The standard InChI is InChI=1S/C11H23O/c1-6-12-8-7-10(2)9-11(3,4)5/h10H,1,6-9H2,2-5H3. The topological polar surface area (TPSA) is 9.23 Å². The third-order valence-corrected chi connectivity index (χ3v) is 1.86. The van der Waals surface area contributed by atoms with Crippen LogP contribution in [0.25, 0.3) is 0 Å². The predicted molar refractivity (Wildman–Crippen MR) is 54.0 cm³/mol. The normalized spacial score (nSPS) is 14.8. The van der Waals surface area contributed by atoms with Crippen LogP contribution in [0, 0.1) is 18.3 Å². The van der Waals surface area contributed by atoms with E-state index in [0.717, 1.165) is 18.9 Å². The van der Waals surface area contributed by atoms with E-state index in [1.54, 1.807) is 0 Å². The van der Waals surface area contributed by atoms with Gasteiger partial charge in [-0.1, -0.05) is 27.7 Å². The summed E-state index contributed by atoms with van der Waals surface area (Å²) in [5.41, 5.74) is 0.448. The van der Waals surface area contributed by atoms with Gasteiger partial charge in [-0.25, -0.2) is 0 Å². The zero-order valence-electron chi connectivity index (χ0n) is 9.02. The molecule has 0 aromatic rings. The van der Waals surface area contributed by atoms with Gasteiger partial charge in [0.1, 0.15) is 0 Å². The van der Waals surface area contributed by atoms with Gasteiger partial charge in [-0.3, -0.25) is 0 Å². The summed E-state index contributed by atoms with van der Waals surface area (Å²) in [5, 5.41) is 0. The lowest BCUT2D eigenvalue weighted by Gasteiger charge is -2.22. The van der Waals surface area contributed by atoms with E-state index in [9.17, 15) is 0 Å². The summed E-state index contributed by atoms with van der Waals surface area (Å²) >= 11 is 0. The summed E-state index contributed by atoms with van der Waals surface area (Å²) in [7, 11) is 0. The largest absolute Gasteiger partial charge is 0.381 e. The molecule has 0 aromatic heterocycles. The van der Waals surface area contributed by atoms with Gasteiger partial charge in [0.25, 0.3) is 0 Å². The van der Waals surface area contributed by atoms with E-state index in [0.29, 0.717) is 12.0 Å². The second-order valence-corrected chi connectivity index (χ2v) is 4.77. The van der Waals surface area contributed by atoms with Crippen LogP contribution in [0.5, 0.6) is 0 Å². The van der Waals surface area contributed by atoms with Gasteiger partial charge < -0.3 is 4.74 Å². The summed E-state index contributed by atoms with van der Waals surface area (Å²) in [4.78, 5) is 0. The van der Waals surface area contributed by atoms with E-state index in [4.69, 9.17) is 4.74 Å². The molecule has 0 aliphatic heterocycles. The number of ether oxygens (including phenoxy) is 1. The quantitative estimate of drug-likeness (QED) is 0.577. The molecule has 0 spiro atoms. The van der Waals surface area contributed by atoms with Crippen molar-refractivity contribution in [2.75, 3.05) is 13.2 Å². The van der Waals surface area contributed by atoms with E-state index < -0.39 is 0 Å². The van der Waals surface area contributed by atoms with E-state index in [-0.39, 0.29) is 0 Å². The molecule has 0 aliphatic carbocycles. The summed E-state index contributed by atoms with van der Waals surface area (Å²) in [6.07, 6.45) is 2.43. The molecule has 0 N–H and O–H groups in total. The molecule has 12 heavy (non-hydrogen) atoms. The first-order valence-electron chi connectivity index (χ1n) is 4.82. The Bertz CT molecular complexity index is 102. The smallest absolute Gasteiger partial charge is 0.0468 e. The van der Waals surface area contributed by atoms with Gasteiger partial charge in [0.05, 0.1) is 0 Å². The highest BCUT2D eigenvalue weighted by molar-refractivity contribution is 4.66. The second kappa shape index (κ2) is 5.58. The highest BCUT2D eigenvalue weighted by Crippen LogP contribution is 2.25. The fourth-order valence-corrected chi connectivity index (χ4v) is 1.53.